The maximum Gasteiger partial charge on any atom is 0.232 e. The van der Waals surface area contributed by atoms with Crippen LogP contribution in [0.2, 0.25) is 0 Å². The van der Waals surface area contributed by atoms with Gasteiger partial charge in [-0.2, -0.15) is 4.98 Å². The van der Waals surface area contributed by atoms with Crippen LogP contribution in [0, 0.1) is 0 Å². The Balaban J connectivity index is 1.24. The molecule has 5 heterocycles. The van der Waals surface area contributed by atoms with E-state index in [0.29, 0.717) is 11.7 Å². The molecule has 0 aliphatic carbocycles. The summed E-state index contributed by atoms with van der Waals surface area (Å²) >= 11 is 0. The van der Waals surface area contributed by atoms with E-state index in [-0.39, 0.29) is 5.92 Å². The maximum atomic E-state index is 5.43. The van der Waals surface area contributed by atoms with Crippen LogP contribution in [0.25, 0.3) is 17.0 Å². The van der Waals surface area contributed by atoms with Crippen LogP contribution in [0.4, 0.5) is 0 Å². The number of pyridine rings is 2. The monoisotopic (exact) mass is 332 g/mol. The molecule has 5 rings (SSSR count). The van der Waals surface area contributed by atoms with Crippen LogP contribution in [0.1, 0.15) is 17.5 Å². The molecule has 0 radical (unpaired) electrons. The molecule has 124 valence electrons. The minimum absolute atomic E-state index is 0.287. The van der Waals surface area contributed by atoms with Crippen LogP contribution in [0.5, 0.6) is 0 Å². The molecule has 7 heteroatoms. The van der Waals surface area contributed by atoms with Gasteiger partial charge in [-0.05, 0) is 24.3 Å². The smallest absolute Gasteiger partial charge is 0.232 e. The summed E-state index contributed by atoms with van der Waals surface area (Å²) in [5, 5.41) is 4.07. The molecule has 0 saturated carbocycles. The molecule has 0 spiro atoms. The normalized spacial score (nSPS) is 15.5. The van der Waals surface area contributed by atoms with Crippen LogP contribution in [0.3, 0.4) is 0 Å². The third-order valence-corrected chi connectivity index (χ3v) is 4.47. The molecule has 7 nitrogen and oxygen atoms in total. The predicted octanol–water partition coefficient (Wildman–Crippen LogP) is 2.38. The SMILES string of the molecule is c1cncc(-c2noc(C3CN(Cc4cn5ccccc5n4)C3)n2)c1. The number of imidazole rings is 1. The second kappa shape index (κ2) is 5.78. The Bertz CT molecular complexity index is 970. The number of fused-ring (bicyclic) bond motifs is 1. The van der Waals surface area contributed by atoms with E-state index in [2.05, 4.69) is 31.2 Å². The van der Waals surface area contributed by atoms with Gasteiger partial charge in [0, 0.05) is 50.0 Å². The Morgan fingerprint density at radius 2 is 2.08 bits per heavy atom. The fourth-order valence-electron chi connectivity index (χ4n) is 3.16. The van der Waals surface area contributed by atoms with Crippen LogP contribution in [-0.4, -0.2) is 42.5 Å². The molecule has 0 amide bonds. The lowest BCUT2D eigenvalue weighted by molar-refractivity contribution is 0.116. The van der Waals surface area contributed by atoms with Gasteiger partial charge in [0.25, 0.3) is 0 Å². The summed E-state index contributed by atoms with van der Waals surface area (Å²) in [5.74, 6) is 1.59. The topological polar surface area (TPSA) is 72.4 Å². The maximum absolute atomic E-state index is 5.43. The quantitative estimate of drug-likeness (QED) is 0.571. The van der Waals surface area contributed by atoms with Gasteiger partial charge in [0.1, 0.15) is 5.65 Å². The van der Waals surface area contributed by atoms with E-state index in [1.807, 2.05) is 40.9 Å². The van der Waals surface area contributed by atoms with Crippen molar-refractivity contribution >= 4 is 5.65 Å². The number of hydrogen-bond acceptors (Lipinski definition) is 6. The molecule has 1 aliphatic heterocycles. The van der Waals surface area contributed by atoms with Crippen LogP contribution >= 0.6 is 0 Å². The van der Waals surface area contributed by atoms with Gasteiger partial charge in [0.2, 0.25) is 11.7 Å². The fourth-order valence-corrected chi connectivity index (χ4v) is 3.16. The molecule has 0 unspecified atom stereocenters. The van der Waals surface area contributed by atoms with Crippen LogP contribution in [-0.2, 0) is 6.54 Å². The number of rotatable bonds is 4. The third-order valence-electron chi connectivity index (χ3n) is 4.47. The van der Waals surface area contributed by atoms with Gasteiger partial charge in [-0.3, -0.25) is 9.88 Å². The Morgan fingerprint density at radius 1 is 1.12 bits per heavy atom. The molecule has 1 aliphatic rings. The Morgan fingerprint density at radius 3 is 2.92 bits per heavy atom. The molecule has 4 aromatic heterocycles. The first-order valence-electron chi connectivity index (χ1n) is 8.24. The second-order valence-electron chi connectivity index (χ2n) is 6.29. The van der Waals surface area contributed by atoms with E-state index in [1.165, 1.54) is 0 Å². The second-order valence-corrected chi connectivity index (χ2v) is 6.29. The van der Waals surface area contributed by atoms with Gasteiger partial charge >= 0.3 is 0 Å². The number of hydrogen-bond donors (Lipinski definition) is 0. The van der Waals surface area contributed by atoms with Crippen molar-refractivity contribution in [1.82, 2.24) is 29.4 Å². The molecular formula is C18H16N6O. The highest BCUT2D eigenvalue weighted by Crippen LogP contribution is 2.28. The van der Waals surface area contributed by atoms with E-state index < -0.39 is 0 Å². The third kappa shape index (κ3) is 2.68. The molecule has 0 aromatic carbocycles. The molecule has 0 atom stereocenters. The van der Waals surface area contributed by atoms with Crippen LogP contribution < -0.4 is 0 Å². The van der Waals surface area contributed by atoms with E-state index in [1.54, 1.807) is 12.4 Å². The van der Waals surface area contributed by atoms with Gasteiger partial charge in [-0.1, -0.05) is 11.2 Å². The van der Waals surface area contributed by atoms with Crippen molar-refractivity contribution in [2.24, 2.45) is 0 Å². The lowest BCUT2D eigenvalue weighted by Crippen LogP contribution is -2.44. The van der Waals surface area contributed by atoms with Crippen molar-refractivity contribution < 1.29 is 4.52 Å². The first-order chi connectivity index (χ1) is 12.3. The zero-order chi connectivity index (χ0) is 16.6. The molecule has 25 heavy (non-hydrogen) atoms. The van der Waals surface area contributed by atoms with E-state index >= 15 is 0 Å². The van der Waals surface area contributed by atoms with E-state index in [0.717, 1.165) is 36.5 Å². The highest BCUT2D eigenvalue weighted by molar-refractivity contribution is 5.52. The van der Waals surface area contributed by atoms with Crippen molar-refractivity contribution in [3.8, 4) is 11.4 Å². The van der Waals surface area contributed by atoms with Crippen LogP contribution in [0.15, 0.2) is 59.6 Å². The fraction of sp³-hybridized carbons (Fsp3) is 0.222. The van der Waals surface area contributed by atoms with Crippen molar-refractivity contribution in [3.05, 3.63) is 66.7 Å². The lowest BCUT2D eigenvalue weighted by atomic mass is 10.00. The number of aromatic nitrogens is 5. The first kappa shape index (κ1) is 14.3. The lowest BCUT2D eigenvalue weighted by Gasteiger charge is -2.36. The van der Waals surface area contributed by atoms with Crippen molar-refractivity contribution in [3.63, 3.8) is 0 Å². The highest BCUT2D eigenvalue weighted by Gasteiger charge is 2.33. The van der Waals surface area contributed by atoms with E-state index in [9.17, 15) is 0 Å². The average Bonchev–Trinajstić information content (AvgIpc) is 3.25. The van der Waals surface area contributed by atoms with Crippen molar-refractivity contribution in [1.29, 1.82) is 0 Å². The summed E-state index contributed by atoms with van der Waals surface area (Å²) in [6.45, 7) is 2.65. The summed E-state index contributed by atoms with van der Waals surface area (Å²) in [4.78, 5) is 15.6. The Hall–Kier alpha value is -3.06. The Labute approximate surface area is 144 Å². The number of nitrogens with zero attached hydrogens (tertiary/aromatic N) is 6. The largest absolute Gasteiger partial charge is 0.339 e. The molecule has 0 N–H and O–H groups in total. The standard InChI is InChI=1S/C18H16N6O/c1-2-7-24-12-15(20-16(24)5-1)11-23-9-14(10-23)18-21-17(22-25-18)13-4-3-6-19-8-13/h1-8,12,14H,9-11H2. The van der Waals surface area contributed by atoms with Gasteiger partial charge in [-0.15, -0.1) is 0 Å². The van der Waals surface area contributed by atoms with Gasteiger partial charge in [-0.25, -0.2) is 4.98 Å². The van der Waals surface area contributed by atoms with E-state index in [4.69, 9.17) is 4.52 Å². The minimum atomic E-state index is 0.287. The summed E-state index contributed by atoms with van der Waals surface area (Å²) in [6, 6.07) is 9.82. The van der Waals surface area contributed by atoms with Gasteiger partial charge in [0.05, 0.1) is 11.6 Å². The zero-order valence-electron chi connectivity index (χ0n) is 13.5. The predicted molar refractivity (Wildman–Crippen MR) is 90.7 cm³/mol. The van der Waals surface area contributed by atoms with Crippen molar-refractivity contribution in [2.45, 2.75) is 12.5 Å². The summed E-state index contributed by atoms with van der Waals surface area (Å²) in [7, 11) is 0. The molecule has 4 aromatic rings. The molecule has 1 saturated heterocycles. The Kier molecular flexibility index (Phi) is 3.31. The zero-order valence-corrected chi connectivity index (χ0v) is 13.5. The summed E-state index contributed by atoms with van der Waals surface area (Å²) < 4.78 is 7.48. The summed E-state index contributed by atoms with van der Waals surface area (Å²) in [6.07, 6.45) is 7.57. The minimum Gasteiger partial charge on any atom is -0.339 e. The molecule has 0 bridgehead atoms. The summed E-state index contributed by atoms with van der Waals surface area (Å²) in [5.41, 5.74) is 2.93. The molecular weight excluding hydrogens is 316 g/mol. The number of likely N-dealkylation sites (tertiary alicyclic amines) is 1. The average molecular weight is 332 g/mol. The van der Waals surface area contributed by atoms with Gasteiger partial charge < -0.3 is 8.92 Å². The van der Waals surface area contributed by atoms with Gasteiger partial charge in [0.15, 0.2) is 0 Å². The first-order valence-corrected chi connectivity index (χ1v) is 8.24. The molecule has 1 fully saturated rings. The highest BCUT2D eigenvalue weighted by atomic mass is 16.5. The van der Waals surface area contributed by atoms with Crippen molar-refractivity contribution in [2.75, 3.05) is 13.1 Å².